The van der Waals surface area contributed by atoms with Gasteiger partial charge >= 0.3 is 0 Å². The van der Waals surface area contributed by atoms with Crippen LogP contribution in [0.15, 0.2) is 44.8 Å². The lowest BCUT2D eigenvalue weighted by Crippen LogP contribution is -2.22. The van der Waals surface area contributed by atoms with E-state index in [4.69, 9.17) is 4.52 Å². The van der Waals surface area contributed by atoms with E-state index in [1.807, 2.05) is 65.1 Å². The molecule has 4 aromatic rings. The SMILES string of the molecule is Cc1c(-n2nnnc2SC(C)c2nc(C(C)C)no2)c(=O)n(-c2ccccc2)n1C. The van der Waals surface area contributed by atoms with Crippen LogP contribution in [-0.4, -0.2) is 39.7 Å². The van der Waals surface area contributed by atoms with Gasteiger partial charge in [-0.15, -0.1) is 5.10 Å². The molecule has 1 unspecified atom stereocenters. The second-order valence-corrected chi connectivity index (χ2v) is 8.50. The molecule has 30 heavy (non-hydrogen) atoms. The van der Waals surface area contributed by atoms with Crippen LogP contribution in [0.1, 0.15) is 49.3 Å². The van der Waals surface area contributed by atoms with Gasteiger partial charge in [-0.1, -0.05) is 49.0 Å². The van der Waals surface area contributed by atoms with Gasteiger partial charge in [0.2, 0.25) is 11.0 Å². The van der Waals surface area contributed by atoms with E-state index >= 15 is 0 Å². The van der Waals surface area contributed by atoms with Crippen molar-refractivity contribution in [3.8, 4) is 11.4 Å². The first-order chi connectivity index (χ1) is 14.4. The fourth-order valence-electron chi connectivity index (χ4n) is 3.05. The average Bonchev–Trinajstić information content (AvgIpc) is 3.43. The quantitative estimate of drug-likeness (QED) is 0.433. The fraction of sp³-hybridized carbons (Fsp3) is 0.368. The molecule has 0 aliphatic carbocycles. The fourth-order valence-corrected chi connectivity index (χ4v) is 3.87. The minimum Gasteiger partial charge on any atom is -0.338 e. The van der Waals surface area contributed by atoms with Crippen LogP contribution in [0, 0.1) is 6.92 Å². The third-order valence-corrected chi connectivity index (χ3v) is 5.80. The largest absolute Gasteiger partial charge is 0.338 e. The Bertz CT molecular complexity index is 1220. The highest BCUT2D eigenvalue weighted by atomic mass is 32.2. The number of hydrogen-bond donors (Lipinski definition) is 0. The lowest BCUT2D eigenvalue weighted by molar-refractivity contribution is 0.373. The zero-order valence-electron chi connectivity index (χ0n) is 17.3. The van der Waals surface area contributed by atoms with Crippen molar-refractivity contribution >= 4 is 11.8 Å². The molecule has 0 aliphatic heterocycles. The maximum absolute atomic E-state index is 13.3. The van der Waals surface area contributed by atoms with Crippen molar-refractivity contribution in [2.24, 2.45) is 7.05 Å². The van der Waals surface area contributed by atoms with Gasteiger partial charge in [-0.05, 0) is 36.4 Å². The summed E-state index contributed by atoms with van der Waals surface area (Å²) in [4.78, 5) is 17.7. The maximum Gasteiger partial charge on any atom is 0.297 e. The molecular formula is C19H22N8O2S. The molecule has 10 nitrogen and oxygen atoms in total. The molecule has 156 valence electrons. The first kappa shape index (κ1) is 20.1. The van der Waals surface area contributed by atoms with E-state index in [2.05, 4.69) is 25.7 Å². The summed E-state index contributed by atoms with van der Waals surface area (Å²) in [5.74, 6) is 1.32. The number of hydrogen-bond acceptors (Lipinski definition) is 8. The zero-order chi connectivity index (χ0) is 21.4. The molecule has 0 N–H and O–H groups in total. The van der Waals surface area contributed by atoms with Gasteiger partial charge in [0.1, 0.15) is 0 Å². The highest BCUT2D eigenvalue weighted by Gasteiger charge is 2.25. The summed E-state index contributed by atoms with van der Waals surface area (Å²) in [7, 11) is 1.83. The number of para-hydroxylation sites is 1. The lowest BCUT2D eigenvalue weighted by atomic mass is 10.2. The minimum atomic E-state index is -0.206. The van der Waals surface area contributed by atoms with E-state index < -0.39 is 0 Å². The topological polar surface area (TPSA) is 109 Å². The van der Waals surface area contributed by atoms with Gasteiger partial charge in [0.05, 0.1) is 16.6 Å². The van der Waals surface area contributed by atoms with Gasteiger partial charge in [-0.2, -0.15) is 9.67 Å². The summed E-state index contributed by atoms with van der Waals surface area (Å²) in [5, 5.41) is 16.3. The average molecular weight is 427 g/mol. The Kier molecular flexibility index (Phi) is 5.29. The number of tetrazole rings is 1. The Hall–Kier alpha value is -3.21. The van der Waals surface area contributed by atoms with Gasteiger partial charge in [-0.25, -0.2) is 4.68 Å². The van der Waals surface area contributed by atoms with Crippen LogP contribution in [-0.2, 0) is 7.05 Å². The Morgan fingerprint density at radius 3 is 2.53 bits per heavy atom. The number of rotatable bonds is 6. The highest BCUT2D eigenvalue weighted by molar-refractivity contribution is 7.99. The number of aromatic nitrogens is 8. The van der Waals surface area contributed by atoms with Crippen LogP contribution < -0.4 is 5.56 Å². The monoisotopic (exact) mass is 426 g/mol. The molecule has 3 aromatic heterocycles. The van der Waals surface area contributed by atoms with Crippen LogP contribution in [0.5, 0.6) is 0 Å². The second kappa shape index (κ2) is 7.90. The number of thioether (sulfide) groups is 1. The lowest BCUT2D eigenvalue weighted by Gasteiger charge is -2.07. The Morgan fingerprint density at radius 2 is 1.87 bits per heavy atom. The Labute approximate surface area is 176 Å². The third kappa shape index (κ3) is 3.45. The van der Waals surface area contributed by atoms with Crippen LogP contribution in [0.4, 0.5) is 0 Å². The van der Waals surface area contributed by atoms with Crippen molar-refractivity contribution in [3.63, 3.8) is 0 Å². The van der Waals surface area contributed by atoms with Crippen molar-refractivity contribution in [1.29, 1.82) is 0 Å². The molecule has 3 heterocycles. The standard InChI is InChI=1S/C19H22N8O2S/c1-11(2)16-20-17(29-22-16)13(4)30-19-21-23-24-26(19)15-12(3)25(5)27(18(15)28)14-9-7-6-8-10-14/h6-11,13H,1-5H3. The number of benzene rings is 1. The Balaban J connectivity index is 1.71. The first-order valence-electron chi connectivity index (χ1n) is 9.51. The van der Waals surface area contributed by atoms with Crippen molar-refractivity contribution < 1.29 is 4.52 Å². The van der Waals surface area contributed by atoms with Crippen molar-refractivity contribution in [3.05, 3.63) is 58.1 Å². The van der Waals surface area contributed by atoms with Crippen LogP contribution >= 0.6 is 11.8 Å². The summed E-state index contributed by atoms with van der Waals surface area (Å²) in [6, 6.07) is 9.44. The molecule has 0 spiro atoms. The smallest absolute Gasteiger partial charge is 0.297 e. The highest BCUT2D eigenvalue weighted by Crippen LogP contribution is 2.33. The van der Waals surface area contributed by atoms with E-state index in [1.54, 1.807) is 9.36 Å². The predicted octanol–water partition coefficient (Wildman–Crippen LogP) is 2.82. The minimum absolute atomic E-state index is 0.174. The molecule has 4 rings (SSSR count). The van der Waals surface area contributed by atoms with Crippen molar-refractivity contribution in [1.82, 2.24) is 39.7 Å². The first-order valence-corrected chi connectivity index (χ1v) is 10.4. The normalized spacial score (nSPS) is 12.6. The van der Waals surface area contributed by atoms with Crippen LogP contribution in [0.3, 0.4) is 0 Å². The molecule has 1 atom stereocenters. The molecule has 0 amide bonds. The van der Waals surface area contributed by atoms with Crippen LogP contribution in [0.25, 0.3) is 11.4 Å². The molecule has 11 heteroatoms. The van der Waals surface area contributed by atoms with E-state index in [9.17, 15) is 4.79 Å². The third-order valence-electron chi connectivity index (χ3n) is 4.78. The summed E-state index contributed by atoms with van der Waals surface area (Å²) in [6.45, 7) is 7.80. The molecular weight excluding hydrogens is 404 g/mol. The summed E-state index contributed by atoms with van der Waals surface area (Å²) < 4.78 is 10.2. The molecule has 0 saturated heterocycles. The van der Waals surface area contributed by atoms with Crippen molar-refractivity contribution in [2.75, 3.05) is 0 Å². The van der Waals surface area contributed by atoms with E-state index in [0.717, 1.165) is 11.4 Å². The summed E-state index contributed by atoms with van der Waals surface area (Å²) >= 11 is 1.35. The Morgan fingerprint density at radius 1 is 1.13 bits per heavy atom. The van der Waals surface area contributed by atoms with E-state index in [1.165, 1.54) is 16.4 Å². The maximum atomic E-state index is 13.3. The van der Waals surface area contributed by atoms with E-state index in [-0.39, 0.29) is 16.7 Å². The van der Waals surface area contributed by atoms with Crippen molar-refractivity contribution in [2.45, 2.75) is 44.0 Å². The van der Waals surface area contributed by atoms with Gasteiger partial charge < -0.3 is 4.52 Å². The summed E-state index contributed by atoms with van der Waals surface area (Å²) in [6.07, 6.45) is 0. The van der Waals surface area contributed by atoms with Crippen LogP contribution in [0.2, 0.25) is 0 Å². The van der Waals surface area contributed by atoms with Gasteiger partial charge in [-0.3, -0.25) is 9.48 Å². The summed E-state index contributed by atoms with van der Waals surface area (Å²) in [5.41, 5.74) is 1.70. The van der Waals surface area contributed by atoms with E-state index in [0.29, 0.717) is 22.6 Å². The van der Waals surface area contributed by atoms with Gasteiger partial charge in [0.25, 0.3) is 5.56 Å². The molecule has 1 aromatic carbocycles. The predicted molar refractivity (Wildman–Crippen MR) is 111 cm³/mol. The molecule has 0 radical (unpaired) electrons. The molecule has 0 fully saturated rings. The second-order valence-electron chi connectivity index (χ2n) is 7.19. The number of nitrogens with zero attached hydrogens (tertiary/aromatic N) is 8. The molecule has 0 bridgehead atoms. The van der Waals surface area contributed by atoms with Gasteiger partial charge in [0, 0.05) is 13.0 Å². The zero-order valence-corrected chi connectivity index (χ0v) is 18.2. The molecule has 0 saturated carbocycles. The van der Waals surface area contributed by atoms with Gasteiger partial charge in [0.15, 0.2) is 11.5 Å². The molecule has 0 aliphatic rings.